The second-order valence-corrected chi connectivity index (χ2v) is 7.62. The standard InChI is InChI=1S/C24H19ClN4O3/c25-22-7-3-1-5-18(22)15-28-16-19(21-6-2-4-8-23(21)28)14-26-27-24(30)13-17-9-11-20(12-10-17)29(31)32/h1-12,14,16H,13,15H2,(H,27,30). The van der Waals surface area contributed by atoms with Gasteiger partial charge in [0, 0.05) is 46.4 Å². The third kappa shape index (κ3) is 4.84. The van der Waals surface area contributed by atoms with Gasteiger partial charge in [-0.1, -0.05) is 60.1 Å². The molecule has 0 atom stereocenters. The first-order valence-corrected chi connectivity index (χ1v) is 10.3. The number of carbonyl (C=O) groups excluding carboxylic acids is 1. The van der Waals surface area contributed by atoms with Crippen molar-refractivity contribution in [2.75, 3.05) is 0 Å². The third-order valence-corrected chi connectivity index (χ3v) is 5.39. The topological polar surface area (TPSA) is 89.5 Å². The monoisotopic (exact) mass is 446 g/mol. The lowest BCUT2D eigenvalue weighted by molar-refractivity contribution is -0.384. The van der Waals surface area contributed by atoms with E-state index in [9.17, 15) is 14.9 Å². The number of carbonyl (C=O) groups is 1. The van der Waals surface area contributed by atoms with E-state index in [1.165, 1.54) is 12.1 Å². The number of hydrazone groups is 1. The maximum atomic E-state index is 12.2. The third-order valence-electron chi connectivity index (χ3n) is 5.02. The lowest BCUT2D eigenvalue weighted by atomic mass is 10.1. The second kappa shape index (κ2) is 9.45. The number of benzene rings is 3. The normalized spacial score (nSPS) is 11.2. The Morgan fingerprint density at radius 1 is 1.06 bits per heavy atom. The maximum absolute atomic E-state index is 12.2. The van der Waals surface area contributed by atoms with Crippen LogP contribution in [0, 0.1) is 10.1 Å². The highest BCUT2D eigenvalue weighted by atomic mass is 35.5. The first-order valence-electron chi connectivity index (χ1n) is 9.88. The fourth-order valence-corrected chi connectivity index (χ4v) is 3.65. The maximum Gasteiger partial charge on any atom is 0.269 e. The van der Waals surface area contributed by atoms with Crippen molar-refractivity contribution in [1.82, 2.24) is 9.99 Å². The van der Waals surface area contributed by atoms with Crippen molar-refractivity contribution < 1.29 is 9.72 Å². The number of hydrogen-bond donors (Lipinski definition) is 1. The number of fused-ring (bicyclic) bond motifs is 1. The van der Waals surface area contributed by atoms with Crippen molar-refractivity contribution in [3.8, 4) is 0 Å². The summed E-state index contributed by atoms with van der Waals surface area (Å²) in [6, 6.07) is 21.5. The Labute approximate surface area is 189 Å². The molecule has 0 aliphatic heterocycles. The van der Waals surface area contributed by atoms with Gasteiger partial charge in [0.1, 0.15) is 0 Å². The number of nitro groups is 1. The molecule has 1 N–H and O–H groups in total. The molecule has 0 unspecified atom stereocenters. The number of nitro benzene ring substituents is 1. The SMILES string of the molecule is O=C(Cc1ccc([N+](=O)[O-])cc1)NN=Cc1cn(Cc2ccccc2Cl)c2ccccc12. The van der Waals surface area contributed by atoms with Gasteiger partial charge in [-0.15, -0.1) is 0 Å². The van der Waals surface area contributed by atoms with E-state index in [2.05, 4.69) is 15.1 Å². The summed E-state index contributed by atoms with van der Waals surface area (Å²) in [5.41, 5.74) is 6.08. The molecule has 0 spiro atoms. The molecule has 32 heavy (non-hydrogen) atoms. The number of aromatic nitrogens is 1. The Balaban J connectivity index is 1.47. The highest BCUT2D eigenvalue weighted by Crippen LogP contribution is 2.23. The average Bonchev–Trinajstić information content (AvgIpc) is 3.13. The van der Waals surface area contributed by atoms with Crippen LogP contribution in [-0.2, 0) is 17.8 Å². The molecule has 0 bridgehead atoms. The Kier molecular flexibility index (Phi) is 6.28. The van der Waals surface area contributed by atoms with Gasteiger partial charge in [-0.2, -0.15) is 5.10 Å². The Morgan fingerprint density at radius 3 is 2.53 bits per heavy atom. The van der Waals surface area contributed by atoms with Gasteiger partial charge in [-0.25, -0.2) is 5.43 Å². The van der Waals surface area contributed by atoms with E-state index >= 15 is 0 Å². The first kappa shape index (κ1) is 21.3. The van der Waals surface area contributed by atoms with Crippen LogP contribution in [-0.4, -0.2) is 21.6 Å². The number of amides is 1. The molecule has 0 aliphatic carbocycles. The van der Waals surface area contributed by atoms with Crippen molar-refractivity contribution in [3.63, 3.8) is 0 Å². The average molecular weight is 447 g/mol. The number of rotatable bonds is 7. The minimum atomic E-state index is -0.476. The van der Waals surface area contributed by atoms with E-state index in [0.29, 0.717) is 17.1 Å². The molecule has 8 heteroatoms. The van der Waals surface area contributed by atoms with E-state index in [-0.39, 0.29) is 18.0 Å². The lowest BCUT2D eigenvalue weighted by Crippen LogP contribution is -2.19. The van der Waals surface area contributed by atoms with E-state index in [4.69, 9.17) is 11.6 Å². The summed E-state index contributed by atoms with van der Waals surface area (Å²) in [5, 5.41) is 16.5. The molecule has 3 aromatic carbocycles. The first-order chi connectivity index (χ1) is 15.5. The summed E-state index contributed by atoms with van der Waals surface area (Å²) in [5.74, 6) is -0.310. The lowest BCUT2D eigenvalue weighted by Gasteiger charge is -2.07. The molecule has 7 nitrogen and oxygen atoms in total. The molecular formula is C24H19ClN4O3. The van der Waals surface area contributed by atoms with Crippen molar-refractivity contribution >= 4 is 40.3 Å². The molecule has 0 aliphatic rings. The van der Waals surface area contributed by atoms with Crippen molar-refractivity contribution in [3.05, 3.63) is 111 Å². The van der Waals surface area contributed by atoms with Crippen LogP contribution in [0.2, 0.25) is 5.02 Å². The van der Waals surface area contributed by atoms with Crippen LogP contribution in [0.3, 0.4) is 0 Å². The molecular weight excluding hydrogens is 428 g/mol. The smallest absolute Gasteiger partial charge is 0.269 e. The molecule has 0 radical (unpaired) electrons. The number of non-ortho nitro benzene ring substituents is 1. The van der Waals surface area contributed by atoms with Crippen molar-refractivity contribution in [2.24, 2.45) is 5.10 Å². The van der Waals surface area contributed by atoms with Crippen LogP contribution < -0.4 is 5.43 Å². The van der Waals surface area contributed by atoms with Crippen LogP contribution in [0.1, 0.15) is 16.7 Å². The fourth-order valence-electron chi connectivity index (χ4n) is 3.45. The highest BCUT2D eigenvalue weighted by Gasteiger charge is 2.10. The largest absolute Gasteiger partial charge is 0.342 e. The molecule has 4 rings (SSSR count). The van der Waals surface area contributed by atoms with Gasteiger partial charge >= 0.3 is 0 Å². The van der Waals surface area contributed by atoms with Crippen LogP contribution >= 0.6 is 11.6 Å². The Hall–Kier alpha value is -3.97. The zero-order chi connectivity index (χ0) is 22.5. The van der Waals surface area contributed by atoms with E-state index < -0.39 is 4.92 Å². The molecule has 4 aromatic rings. The van der Waals surface area contributed by atoms with Gasteiger partial charge < -0.3 is 4.57 Å². The van der Waals surface area contributed by atoms with Crippen LogP contribution in [0.5, 0.6) is 0 Å². The van der Waals surface area contributed by atoms with Gasteiger partial charge in [0.15, 0.2) is 0 Å². The summed E-state index contributed by atoms with van der Waals surface area (Å²) >= 11 is 6.32. The van der Waals surface area contributed by atoms with Gasteiger partial charge in [0.2, 0.25) is 5.91 Å². The van der Waals surface area contributed by atoms with Gasteiger partial charge in [-0.3, -0.25) is 14.9 Å². The molecule has 0 fully saturated rings. The summed E-state index contributed by atoms with van der Waals surface area (Å²) in [7, 11) is 0. The highest BCUT2D eigenvalue weighted by molar-refractivity contribution is 6.31. The predicted molar refractivity (Wildman–Crippen MR) is 125 cm³/mol. The van der Waals surface area contributed by atoms with Gasteiger partial charge in [-0.05, 0) is 23.3 Å². The second-order valence-electron chi connectivity index (χ2n) is 7.21. The van der Waals surface area contributed by atoms with Crippen LogP contribution in [0.15, 0.2) is 84.1 Å². The van der Waals surface area contributed by atoms with Gasteiger partial charge in [0.25, 0.3) is 5.69 Å². The zero-order valence-electron chi connectivity index (χ0n) is 16.9. The molecule has 160 valence electrons. The number of para-hydroxylation sites is 1. The minimum Gasteiger partial charge on any atom is -0.342 e. The minimum absolute atomic E-state index is 0.0136. The van der Waals surface area contributed by atoms with Crippen molar-refractivity contribution in [2.45, 2.75) is 13.0 Å². The fraction of sp³-hybridized carbons (Fsp3) is 0.0833. The zero-order valence-corrected chi connectivity index (χ0v) is 17.7. The molecule has 1 aromatic heterocycles. The summed E-state index contributed by atoms with van der Waals surface area (Å²) in [4.78, 5) is 22.4. The number of nitrogens with zero attached hydrogens (tertiary/aromatic N) is 3. The van der Waals surface area contributed by atoms with Gasteiger partial charge in [0.05, 0.1) is 17.6 Å². The Bertz CT molecular complexity index is 1310. The van der Waals surface area contributed by atoms with Crippen LogP contribution in [0.4, 0.5) is 5.69 Å². The van der Waals surface area contributed by atoms with E-state index in [0.717, 1.165) is 22.0 Å². The van der Waals surface area contributed by atoms with E-state index in [1.807, 2.05) is 54.7 Å². The molecule has 1 amide bonds. The number of hydrogen-bond acceptors (Lipinski definition) is 4. The predicted octanol–water partition coefficient (Wildman–Crippen LogP) is 4.94. The molecule has 1 heterocycles. The summed E-state index contributed by atoms with van der Waals surface area (Å²) < 4.78 is 2.09. The summed E-state index contributed by atoms with van der Waals surface area (Å²) in [6.45, 7) is 0.612. The molecule has 0 saturated heterocycles. The molecule has 0 saturated carbocycles. The quantitative estimate of drug-likeness (QED) is 0.247. The number of halogens is 1. The summed E-state index contributed by atoms with van der Waals surface area (Å²) in [6.07, 6.45) is 3.66. The van der Waals surface area contributed by atoms with E-state index in [1.54, 1.807) is 18.3 Å². The number of nitrogens with one attached hydrogen (secondary N) is 1. The van der Waals surface area contributed by atoms with Crippen molar-refractivity contribution in [1.29, 1.82) is 0 Å². The van der Waals surface area contributed by atoms with Crippen LogP contribution in [0.25, 0.3) is 10.9 Å². The Morgan fingerprint density at radius 2 is 1.78 bits per heavy atom.